The molecule has 5 nitrogen and oxygen atoms in total. The van der Waals surface area contributed by atoms with E-state index in [4.69, 9.17) is 0 Å². The van der Waals surface area contributed by atoms with Crippen LogP contribution >= 0.6 is 0 Å². The fourth-order valence-electron chi connectivity index (χ4n) is 3.80. The summed E-state index contributed by atoms with van der Waals surface area (Å²) in [5.74, 6) is -0.867. The molecule has 2 heterocycles. The van der Waals surface area contributed by atoms with Gasteiger partial charge >= 0.3 is 6.03 Å². The Bertz CT molecular complexity index is 896. The van der Waals surface area contributed by atoms with Gasteiger partial charge in [-0.15, -0.1) is 0 Å². The third-order valence-corrected chi connectivity index (χ3v) is 5.29. The number of hydrogen-bond donors (Lipinski definition) is 1. The predicted octanol–water partition coefficient (Wildman–Crippen LogP) is 4.23. The van der Waals surface area contributed by atoms with E-state index < -0.39 is 17.8 Å². The molecule has 1 aliphatic heterocycles. The van der Waals surface area contributed by atoms with Crippen molar-refractivity contribution in [2.45, 2.75) is 44.7 Å². The van der Waals surface area contributed by atoms with Crippen LogP contribution in [0.3, 0.4) is 0 Å². The van der Waals surface area contributed by atoms with E-state index in [0.717, 1.165) is 10.5 Å². The molecule has 2 aliphatic rings. The van der Waals surface area contributed by atoms with Crippen LogP contribution in [0.15, 0.2) is 48.4 Å². The summed E-state index contributed by atoms with van der Waals surface area (Å²) in [6, 6.07) is 8.08. The molecule has 2 fully saturated rings. The molecule has 1 aromatic heterocycles. The highest BCUT2D eigenvalue weighted by Crippen LogP contribution is 2.29. The number of rotatable bonds is 4. The summed E-state index contributed by atoms with van der Waals surface area (Å²) in [6.45, 7) is -0.0855. The number of benzene rings is 1. The lowest BCUT2D eigenvalue weighted by Crippen LogP contribution is -2.30. The summed E-state index contributed by atoms with van der Waals surface area (Å²) in [7, 11) is 0. The number of aromatic nitrogens is 1. The van der Waals surface area contributed by atoms with Crippen molar-refractivity contribution in [2.24, 2.45) is 0 Å². The molecule has 1 aliphatic carbocycles. The quantitative estimate of drug-likeness (QED) is 0.650. The number of carbonyl (C=O) groups is 2. The van der Waals surface area contributed by atoms with Crippen LogP contribution in [0.5, 0.6) is 0 Å². The largest absolute Gasteiger partial charge is 0.351 e. The summed E-state index contributed by atoms with van der Waals surface area (Å²) in [4.78, 5) is 25.8. The van der Waals surface area contributed by atoms with E-state index in [1.165, 1.54) is 38.2 Å². The van der Waals surface area contributed by atoms with Crippen molar-refractivity contribution >= 4 is 18.0 Å². The van der Waals surface area contributed by atoms with Gasteiger partial charge in [-0.25, -0.2) is 9.18 Å². The molecule has 0 radical (unpaired) electrons. The van der Waals surface area contributed by atoms with Crippen LogP contribution in [0.4, 0.5) is 9.18 Å². The Morgan fingerprint density at radius 3 is 2.67 bits per heavy atom. The molecule has 1 aromatic carbocycles. The smallest absolute Gasteiger partial charge is 0.329 e. The average Bonchev–Trinajstić information content (AvgIpc) is 3.25. The Morgan fingerprint density at radius 2 is 1.89 bits per heavy atom. The first kappa shape index (κ1) is 17.5. The van der Waals surface area contributed by atoms with Crippen LogP contribution in [0.25, 0.3) is 6.08 Å². The molecule has 0 bridgehead atoms. The van der Waals surface area contributed by atoms with Gasteiger partial charge in [0.1, 0.15) is 11.5 Å². The molecule has 1 N–H and O–H groups in total. The summed E-state index contributed by atoms with van der Waals surface area (Å²) in [6.07, 6.45) is 11.9. The van der Waals surface area contributed by atoms with Gasteiger partial charge in [0.05, 0.1) is 6.54 Å². The van der Waals surface area contributed by atoms with Crippen LogP contribution in [0, 0.1) is 5.82 Å². The van der Waals surface area contributed by atoms with Crippen LogP contribution in [0.2, 0.25) is 0 Å². The summed E-state index contributed by atoms with van der Waals surface area (Å²) in [5, 5.41) is 2.60. The molecule has 6 heteroatoms. The van der Waals surface area contributed by atoms with Gasteiger partial charge in [0.15, 0.2) is 0 Å². The highest BCUT2D eigenvalue weighted by molar-refractivity contribution is 6.13. The highest BCUT2D eigenvalue weighted by atomic mass is 19.1. The van der Waals surface area contributed by atoms with Crippen molar-refractivity contribution in [1.29, 1.82) is 0 Å². The Kier molecular flexibility index (Phi) is 4.79. The maximum atomic E-state index is 13.8. The zero-order valence-corrected chi connectivity index (χ0v) is 15.0. The van der Waals surface area contributed by atoms with Crippen LogP contribution in [-0.2, 0) is 11.3 Å². The van der Waals surface area contributed by atoms with Gasteiger partial charge in [0, 0.05) is 24.0 Å². The Morgan fingerprint density at radius 1 is 1.11 bits per heavy atom. The van der Waals surface area contributed by atoms with E-state index >= 15 is 0 Å². The number of hydrogen-bond acceptors (Lipinski definition) is 2. The van der Waals surface area contributed by atoms with E-state index in [1.54, 1.807) is 24.3 Å². The normalized spacial score (nSPS) is 19.7. The third kappa shape index (κ3) is 3.65. The second-order valence-corrected chi connectivity index (χ2v) is 7.15. The monoisotopic (exact) mass is 367 g/mol. The number of halogens is 1. The molecular weight excluding hydrogens is 345 g/mol. The lowest BCUT2D eigenvalue weighted by atomic mass is 9.95. The van der Waals surface area contributed by atoms with E-state index in [2.05, 4.69) is 9.88 Å². The van der Waals surface area contributed by atoms with E-state index in [-0.39, 0.29) is 12.2 Å². The number of urea groups is 1. The fraction of sp³-hybridized carbons (Fsp3) is 0.333. The first-order chi connectivity index (χ1) is 13.1. The number of carbonyl (C=O) groups excluding carboxylic acids is 2. The van der Waals surface area contributed by atoms with Gasteiger partial charge in [0.2, 0.25) is 0 Å². The first-order valence-electron chi connectivity index (χ1n) is 9.37. The van der Waals surface area contributed by atoms with Crippen molar-refractivity contribution in [2.75, 3.05) is 0 Å². The maximum absolute atomic E-state index is 13.8. The van der Waals surface area contributed by atoms with E-state index in [0.29, 0.717) is 11.6 Å². The molecule has 2 aromatic rings. The zero-order valence-electron chi connectivity index (χ0n) is 15.0. The van der Waals surface area contributed by atoms with Crippen LogP contribution in [-0.4, -0.2) is 21.4 Å². The summed E-state index contributed by atoms with van der Waals surface area (Å²) < 4.78 is 16.0. The average molecular weight is 367 g/mol. The fourth-order valence-corrected chi connectivity index (χ4v) is 3.80. The Balaban J connectivity index is 1.50. The Hall–Kier alpha value is -2.89. The third-order valence-electron chi connectivity index (χ3n) is 5.29. The van der Waals surface area contributed by atoms with Gasteiger partial charge in [-0.2, -0.15) is 0 Å². The molecule has 0 unspecified atom stereocenters. The van der Waals surface area contributed by atoms with Gasteiger partial charge in [0.25, 0.3) is 5.91 Å². The number of amides is 3. The highest BCUT2D eigenvalue weighted by Gasteiger charge is 2.34. The predicted molar refractivity (Wildman–Crippen MR) is 100 cm³/mol. The summed E-state index contributed by atoms with van der Waals surface area (Å²) in [5.41, 5.74) is 1.40. The molecule has 4 rings (SSSR count). The van der Waals surface area contributed by atoms with Gasteiger partial charge in [-0.1, -0.05) is 37.5 Å². The molecule has 0 atom stereocenters. The van der Waals surface area contributed by atoms with Crippen LogP contribution < -0.4 is 5.32 Å². The molecular formula is C21H22FN3O2. The number of imide groups is 1. The Labute approximate surface area is 157 Å². The van der Waals surface area contributed by atoms with Crippen LogP contribution in [0.1, 0.15) is 49.3 Å². The van der Waals surface area contributed by atoms with Gasteiger partial charge < -0.3 is 9.88 Å². The van der Waals surface area contributed by atoms with Crippen molar-refractivity contribution in [3.05, 3.63) is 65.4 Å². The molecule has 1 saturated heterocycles. The lowest BCUT2D eigenvalue weighted by molar-refractivity contribution is -0.123. The molecule has 140 valence electrons. The maximum Gasteiger partial charge on any atom is 0.329 e. The minimum Gasteiger partial charge on any atom is -0.351 e. The first-order valence-corrected chi connectivity index (χ1v) is 9.37. The van der Waals surface area contributed by atoms with Crippen molar-refractivity contribution in [3.63, 3.8) is 0 Å². The SMILES string of the molecule is O=C1N/C(=C/c2ccn(C3CCCCC3)c2)C(=O)N1Cc1ccccc1F. The minimum atomic E-state index is -0.527. The lowest BCUT2D eigenvalue weighted by Gasteiger charge is -2.23. The topological polar surface area (TPSA) is 54.3 Å². The standard InChI is InChI=1S/C21H22FN3O2/c22-18-9-5-4-6-16(18)14-25-20(26)19(23-21(25)27)12-15-10-11-24(13-15)17-7-2-1-3-8-17/h4-6,9-13,17H,1-3,7-8,14H2,(H,23,27)/b19-12+. The number of nitrogens with one attached hydrogen (secondary N) is 1. The van der Waals surface area contributed by atoms with E-state index in [9.17, 15) is 14.0 Å². The molecule has 27 heavy (non-hydrogen) atoms. The zero-order chi connectivity index (χ0) is 18.8. The van der Waals surface area contributed by atoms with Crippen molar-refractivity contribution < 1.29 is 14.0 Å². The second-order valence-electron chi connectivity index (χ2n) is 7.15. The van der Waals surface area contributed by atoms with Gasteiger partial charge in [-0.3, -0.25) is 9.69 Å². The molecule has 3 amide bonds. The van der Waals surface area contributed by atoms with Gasteiger partial charge in [-0.05, 0) is 36.6 Å². The number of nitrogens with zero attached hydrogens (tertiary/aromatic N) is 2. The molecule has 0 spiro atoms. The molecule has 1 saturated carbocycles. The minimum absolute atomic E-state index is 0.0855. The van der Waals surface area contributed by atoms with Crippen molar-refractivity contribution in [1.82, 2.24) is 14.8 Å². The second kappa shape index (κ2) is 7.39. The van der Waals surface area contributed by atoms with E-state index in [1.807, 2.05) is 18.5 Å². The summed E-state index contributed by atoms with van der Waals surface area (Å²) >= 11 is 0. The van der Waals surface area contributed by atoms with Crippen molar-refractivity contribution in [3.8, 4) is 0 Å².